The molecule has 0 aromatic carbocycles. The van der Waals surface area contributed by atoms with Crippen LogP contribution in [0.3, 0.4) is 0 Å². The molecule has 1 N–H and O–H groups in total. The number of hydrogen-bond donors (Lipinski definition) is 1. The van der Waals surface area contributed by atoms with Crippen molar-refractivity contribution in [1.82, 2.24) is 15.5 Å². The lowest BCUT2D eigenvalue weighted by molar-refractivity contribution is -0.140. The van der Waals surface area contributed by atoms with Crippen molar-refractivity contribution >= 4 is 5.97 Å². The molecule has 0 fully saturated rings. The number of methoxy groups -OCH3 is 1. The zero-order valence-corrected chi connectivity index (χ0v) is 7.32. The molecule has 0 saturated carbocycles. The van der Waals surface area contributed by atoms with Crippen LogP contribution in [0.1, 0.15) is 12.2 Å². The van der Waals surface area contributed by atoms with E-state index in [0.717, 1.165) is 0 Å². The van der Waals surface area contributed by atoms with Crippen molar-refractivity contribution in [1.29, 1.82) is 0 Å². The van der Waals surface area contributed by atoms with Crippen LogP contribution >= 0.6 is 0 Å². The van der Waals surface area contributed by atoms with E-state index in [1.54, 1.807) is 0 Å². The number of rotatable bonds is 5. The average molecular weight is 185 g/mol. The third-order valence-electron chi connectivity index (χ3n) is 1.42. The van der Waals surface area contributed by atoms with Gasteiger partial charge in [-0.2, -0.15) is 4.98 Å². The highest BCUT2D eigenvalue weighted by molar-refractivity contribution is 5.69. The number of nitrogens with one attached hydrogen (secondary N) is 1. The normalized spacial score (nSPS) is 9.92. The molecule has 0 aliphatic rings. The van der Waals surface area contributed by atoms with E-state index in [1.165, 1.54) is 13.5 Å². The van der Waals surface area contributed by atoms with Gasteiger partial charge in [0.2, 0.25) is 6.39 Å². The van der Waals surface area contributed by atoms with Crippen molar-refractivity contribution in [3.8, 4) is 0 Å². The van der Waals surface area contributed by atoms with Gasteiger partial charge in [-0.25, -0.2) is 0 Å². The van der Waals surface area contributed by atoms with Crippen LogP contribution in [0.25, 0.3) is 0 Å². The Kier molecular flexibility index (Phi) is 3.90. The number of aromatic nitrogens is 2. The molecule has 6 nitrogen and oxygen atoms in total. The number of carbonyl (C=O) groups is 1. The first-order valence-electron chi connectivity index (χ1n) is 3.85. The van der Waals surface area contributed by atoms with Gasteiger partial charge in [-0.1, -0.05) is 5.16 Å². The maximum absolute atomic E-state index is 10.7. The van der Waals surface area contributed by atoms with Crippen molar-refractivity contribution in [2.45, 2.75) is 13.0 Å². The number of nitrogens with zero attached hydrogens (tertiary/aromatic N) is 2. The molecule has 0 amide bonds. The molecule has 1 rings (SSSR count). The summed E-state index contributed by atoms with van der Waals surface area (Å²) in [6.07, 6.45) is 1.60. The third kappa shape index (κ3) is 3.66. The Bertz CT molecular complexity index is 247. The Balaban J connectivity index is 2.05. The zero-order chi connectivity index (χ0) is 9.52. The molecule has 0 bridgehead atoms. The summed E-state index contributed by atoms with van der Waals surface area (Å²) in [7, 11) is 1.36. The topological polar surface area (TPSA) is 77.2 Å². The van der Waals surface area contributed by atoms with E-state index in [0.29, 0.717) is 25.3 Å². The minimum Gasteiger partial charge on any atom is -0.469 e. The van der Waals surface area contributed by atoms with E-state index < -0.39 is 0 Å². The molecule has 0 atom stereocenters. The second kappa shape index (κ2) is 5.26. The van der Waals surface area contributed by atoms with Crippen molar-refractivity contribution < 1.29 is 14.1 Å². The van der Waals surface area contributed by atoms with E-state index in [-0.39, 0.29) is 5.97 Å². The van der Waals surface area contributed by atoms with E-state index in [9.17, 15) is 4.79 Å². The number of ether oxygens (including phenoxy) is 1. The minimum atomic E-state index is -0.236. The Labute approximate surface area is 75.3 Å². The molecule has 0 radical (unpaired) electrons. The fourth-order valence-electron chi connectivity index (χ4n) is 0.763. The Morgan fingerprint density at radius 2 is 2.62 bits per heavy atom. The van der Waals surface area contributed by atoms with Crippen molar-refractivity contribution in [2.75, 3.05) is 13.7 Å². The smallest absolute Gasteiger partial charge is 0.306 e. The summed E-state index contributed by atoms with van der Waals surface area (Å²) in [5, 5.41) is 6.56. The molecule has 0 saturated heterocycles. The first-order chi connectivity index (χ1) is 6.33. The summed E-state index contributed by atoms with van der Waals surface area (Å²) in [5.41, 5.74) is 0. The van der Waals surface area contributed by atoms with Crippen LogP contribution in [0.5, 0.6) is 0 Å². The minimum absolute atomic E-state index is 0.236. The summed E-state index contributed by atoms with van der Waals surface area (Å²) in [4.78, 5) is 14.5. The largest absolute Gasteiger partial charge is 0.469 e. The first-order valence-corrected chi connectivity index (χ1v) is 3.85. The standard InChI is InChI=1S/C7H11N3O3/c1-12-7(11)2-3-8-4-6-9-5-13-10-6/h5,8H,2-4H2,1H3. The van der Waals surface area contributed by atoms with Gasteiger partial charge in [0, 0.05) is 6.54 Å². The van der Waals surface area contributed by atoms with Crippen molar-refractivity contribution in [3.63, 3.8) is 0 Å². The molecular formula is C7H11N3O3. The number of esters is 1. The van der Waals surface area contributed by atoms with Crippen LogP contribution in [0.15, 0.2) is 10.9 Å². The van der Waals surface area contributed by atoms with Gasteiger partial charge in [-0.05, 0) is 0 Å². The Hall–Kier alpha value is -1.43. The highest BCUT2D eigenvalue weighted by Gasteiger charge is 2.00. The lowest BCUT2D eigenvalue weighted by Crippen LogP contribution is -2.19. The summed E-state index contributed by atoms with van der Waals surface area (Å²) in [6, 6.07) is 0. The maximum atomic E-state index is 10.7. The second-order valence-corrected chi connectivity index (χ2v) is 2.35. The predicted octanol–water partition coefficient (Wildman–Crippen LogP) is -0.278. The van der Waals surface area contributed by atoms with Crippen LogP contribution in [-0.4, -0.2) is 29.8 Å². The van der Waals surface area contributed by atoms with Crippen molar-refractivity contribution in [2.24, 2.45) is 0 Å². The van der Waals surface area contributed by atoms with Gasteiger partial charge in [-0.3, -0.25) is 4.79 Å². The highest BCUT2D eigenvalue weighted by atomic mass is 16.5. The van der Waals surface area contributed by atoms with Crippen LogP contribution in [-0.2, 0) is 16.1 Å². The van der Waals surface area contributed by atoms with E-state index in [2.05, 4.69) is 24.7 Å². The second-order valence-electron chi connectivity index (χ2n) is 2.35. The maximum Gasteiger partial charge on any atom is 0.306 e. The fraction of sp³-hybridized carbons (Fsp3) is 0.571. The summed E-state index contributed by atoms with van der Waals surface area (Å²) in [5.74, 6) is 0.338. The van der Waals surface area contributed by atoms with Crippen LogP contribution in [0, 0.1) is 0 Å². The summed E-state index contributed by atoms with van der Waals surface area (Å²) >= 11 is 0. The molecule has 0 spiro atoms. The molecule has 1 aromatic rings. The molecular weight excluding hydrogens is 174 g/mol. The summed E-state index contributed by atoms with van der Waals surface area (Å²) in [6.45, 7) is 1.04. The van der Waals surface area contributed by atoms with Crippen LogP contribution < -0.4 is 5.32 Å². The third-order valence-corrected chi connectivity index (χ3v) is 1.42. The first kappa shape index (κ1) is 9.66. The molecule has 1 aromatic heterocycles. The number of carbonyl (C=O) groups excluding carboxylic acids is 1. The van der Waals surface area contributed by atoms with Crippen LogP contribution in [0.2, 0.25) is 0 Å². The molecule has 0 unspecified atom stereocenters. The zero-order valence-electron chi connectivity index (χ0n) is 7.32. The van der Waals surface area contributed by atoms with E-state index >= 15 is 0 Å². The van der Waals surface area contributed by atoms with Gasteiger partial charge in [0.15, 0.2) is 5.82 Å². The lowest BCUT2D eigenvalue weighted by Gasteiger charge is -1.99. The lowest BCUT2D eigenvalue weighted by atomic mass is 10.4. The molecule has 0 aliphatic carbocycles. The number of hydrogen-bond acceptors (Lipinski definition) is 6. The molecule has 0 aliphatic heterocycles. The van der Waals surface area contributed by atoms with Gasteiger partial charge >= 0.3 is 5.97 Å². The molecule has 1 heterocycles. The monoisotopic (exact) mass is 185 g/mol. The SMILES string of the molecule is COC(=O)CCNCc1ncon1. The predicted molar refractivity (Wildman–Crippen MR) is 42.6 cm³/mol. The molecule has 13 heavy (non-hydrogen) atoms. The fourth-order valence-corrected chi connectivity index (χ4v) is 0.763. The Morgan fingerprint density at radius 1 is 1.77 bits per heavy atom. The van der Waals surface area contributed by atoms with Gasteiger partial charge in [0.1, 0.15) is 0 Å². The molecule has 6 heteroatoms. The van der Waals surface area contributed by atoms with Gasteiger partial charge in [0.25, 0.3) is 0 Å². The van der Waals surface area contributed by atoms with Gasteiger partial charge in [-0.15, -0.1) is 0 Å². The van der Waals surface area contributed by atoms with Gasteiger partial charge < -0.3 is 14.6 Å². The van der Waals surface area contributed by atoms with Crippen molar-refractivity contribution in [3.05, 3.63) is 12.2 Å². The van der Waals surface area contributed by atoms with Crippen LogP contribution in [0.4, 0.5) is 0 Å². The van der Waals surface area contributed by atoms with Gasteiger partial charge in [0.05, 0.1) is 20.1 Å². The molecule has 72 valence electrons. The van der Waals surface area contributed by atoms with E-state index in [4.69, 9.17) is 0 Å². The highest BCUT2D eigenvalue weighted by Crippen LogP contribution is 1.87. The summed E-state index contributed by atoms with van der Waals surface area (Å²) < 4.78 is 8.98. The Morgan fingerprint density at radius 3 is 3.23 bits per heavy atom. The van der Waals surface area contributed by atoms with E-state index in [1.807, 2.05) is 0 Å². The quantitative estimate of drug-likeness (QED) is 0.502. The average Bonchev–Trinajstić information content (AvgIpc) is 2.64.